The van der Waals surface area contributed by atoms with Gasteiger partial charge in [-0.15, -0.1) is 24.8 Å². The van der Waals surface area contributed by atoms with Crippen molar-refractivity contribution < 1.29 is 9.59 Å². The molecule has 2 amide bonds. The van der Waals surface area contributed by atoms with Crippen molar-refractivity contribution in [3.63, 3.8) is 0 Å². The molecule has 0 radical (unpaired) electrons. The highest BCUT2D eigenvalue weighted by molar-refractivity contribution is 6.04. The number of carbonyl (C=O) groups is 2. The number of nitrogens with zero attached hydrogens (tertiary/aromatic N) is 1. The molecular weight excluding hydrogens is 375 g/mol. The zero-order chi connectivity index (χ0) is 17.4. The average Bonchev–Trinajstić information content (AvgIpc) is 2.61. The predicted molar refractivity (Wildman–Crippen MR) is 109 cm³/mol. The maximum atomic E-state index is 12.2. The second-order valence-electron chi connectivity index (χ2n) is 5.45. The van der Waals surface area contributed by atoms with Gasteiger partial charge in [-0.3, -0.25) is 14.6 Å². The summed E-state index contributed by atoms with van der Waals surface area (Å²) in [5.41, 5.74) is 1.53. The van der Waals surface area contributed by atoms with Gasteiger partial charge in [0, 0.05) is 36.2 Å². The monoisotopic (exact) mass is 398 g/mol. The van der Waals surface area contributed by atoms with Gasteiger partial charge in [-0.2, -0.15) is 0 Å². The van der Waals surface area contributed by atoms with Crippen LogP contribution in [0.25, 0.3) is 0 Å². The van der Waals surface area contributed by atoms with E-state index in [2.05, 4.69) is 20.9 Å². The molecule has 0 saturated carbocycles. The molecule has 0 aliphatic rings. The van der Waals surface area contributed by atoms with Crippen LogP contribution in [0, 0.1) is 0 Å². The van der Waals surface area contributed by atoms with Crippen LogP contribution in [0.5, 0.6) is 0 Å². The lowest BCUT2D eigenvalue weighted by Crippen LogP contribution is -2.38. The minimum Gasteiger partial charge on any atom is -0.350 e. The minimum absolute atomic E-state index is 0. The number of carbonyl (C=O) groups excluding carboxylic acids is 2. The summed E-state index contributed by atoms with van der Waals surface area (Å²) < 4.78 is 0. The Hall–Kier alpha value is -2.15. The van der Waals surface area contributed by atoms with Crippen LogP contribution < -0.4 is 16.0 Å². The fraction of sp³-hybridized carbons (Fsp3) is 0.278. The van der Waals surface area contributed by atoms with Crippen LogP contribution in [0.15, 0.2) is 48.8 Å². The van der Waals surface area contributed by atoms with Crippen molar-refractivity contribution in [2.75, 3.05) is 18.4 Å². The maximum Gasteiger partial charge on any atom is 0.257 e. The Morgan fingerprint density at radius 2 is 1.81 bits per heavy atom. The van der Waals surface area contributed by atoms with Gasteiger partial charge in [-0.05, 0) is 43.8 Å². The summed E-state index contributed by atoms with van der Waals surface area (Å²) in [5, 5.41) is 8.87. The van der Waals surface area contributed by atoms with Gasteiger partial charge in [0.1, 0.15) is 0 Å². The van der Waals surface area contributed by atoms with Crippen LogP contribution in [0.1, 0.15) is 34.6 Å². The second kappa shape index (κ2) is 12.2. The van der Waals surface area contributed by atoms with Crippen molar-refractivity contribution in [2.24, 2.45) is 0 Å². The number of likely N-dealkylation sites (N-methyl/N-ethyl adjacent to an activating group) is 1. The summed E-state index contributed by atoms with van der Waals surface area (Å²) in [6, 6.07) is 10.4. The number of benzene rings is 1. The number of anilines is 1. The highest BCUT2D eigenvalue weighted by atomic mass is 35.5. The largest absolute Gasteiger partial charge is 0.350 e. The van der Waals surface area contributed by atoms with E-state index in [4.69, 9.17) is 0 Å². The SMILES string of the molecule is CCN[C@H](C)CNC(=O)c1cccc(NC(=O)c2cccnc2)c1.Cl.Cl. The molecule has 0 spiro atoms. The van der Waals surface area contributed by atoms with E-state index in [1.165, 1.54) is 6.20 Å². The van der Waals surface area contributed by atoms with Crippen LogP contribution in [0.4, 0.5) is 5.69 Å². The molecule has 6 nitrogen and oxygen atoms in total. The van der Waals surface area contributed by atoms with Gasteiger partial charge in [-0.1, -0.05) is 13.0 Å². The number of pyridine rings is 1. The fourth-order valence-electron chi connectivity index (χ4n) is 2.21. The predicted octanol–water partition coefficient (Wildman–Crippen LogP) is 2.91. The van der Waals surface area contributed by atoms with Gasteiger partial charge in [0.2, 0.25) is 0 Å². The van der Waals surface area contributed by atoms with Crippen molar-refractivity contribution in [1.82, 2.24) is 15.6 Å². The number of hydrogen-bond donors (Lipinski definition) is 3. The zero-order valence-corrected chi connectivity index (χ0v) is 16.3. The molecule has 0 bridgehead atoms. The lowest BCUT2D eigenvalue weighted by molar-refractivity contribution is 0.0949. The number of rotatable bonds is 7. The molecule has 26 heavy (non-hydrogen) atoms. The van der Waals surface area contributed by atoms with Crippen molar-refractivity contribution in [2.45, 2.75) is 19.9 Å². The van der Waals surface area contributed by atoms with E-state index in [0.29, 0.717) is 23.4 Å². The quantitative estimate of drug-likeness (QED) is 0.669. The molecule has 0 aliphatic heterocycles. The first-order valence-corrected chi connectivity index (χ1v) is 7.93. The number of hydrogen-bond acceptors (Lipinski definition) is 4. The third-order valence-corrected chi connectivity index (χ3v) is 3.43. The minimum atomic E-state index is -0.263. The van der Waals surface area contributed by atoms with Gasteiger partial charge in [-0.25, -0.2) is 0 Å². The summed E-state index contributed by atoms with van der Waals surface area (Å²) in [4.78, 5) is 28.2. The molecule has 1 aromatic carbocycles. The molecule has 3 N–H and O–H groups in total. The summed E-state index contributed by atoms with van der Waals surface area (Å²) in [6.45, 7) is 5.42. The molecule has 142 valence electrons. The third kappa shape index (κ3) is 7.39. The van der Waals surface area contributed by atoms with Crippen molar-refractivity contribution in [3.05, 3.63) is 59.9 Å². The Labute approximate surface area is 166 Å². The standard InChI is InChI=1S/C18H22N4O2.2ClH/c1-3-20-13(2)11-21-17(23)14-6-4-8-16(10-14)22-18(24)15-7-5-9-19-12-15;;/h4-10,12-13,20H,3,11H2,1-2H3,(H,21,23)(H,22,24);2*1H/t13-;;/m1../s1. The smallest absolute Gasteiger partial charge is 0.257 e. The van der Waals surface area contributed by atoms with Crippen molar-refractivity contribution in [1.29, 1.82) is 0 Å². The Morgan fingerprint density at radius 1 is 1.08 bits per heavy atom. The van der Waals surface area contributed by atoms with Gasteiger partial charge in [0.05, 0.1) is 5.56 Å². The number of amides is 2. The molecule has 0 fully saturated rings. The van der Waals surface area contributed by atoms with E-state index < -0.39 is 0 Å². The molecule has 1 heterocycles. The topological polar surface area (TPSA) is 83.1 Å². The average molecular weight is 399 g/mol. The van der Waals surface area contributed by atoms with Gasteiger partial charge >= 0.3 is 0 Å². The van der Waals surface area contributed by atoms with Crippen LogP contribution in [-0.4, -0.2) is 35.9 Å². The fourth-order valence-corrected chi connectivity index (χ4v) is 2.21. The van der Waals surface area contributed by atoms with Crippen LogP contribution in [0.3, 0.4) is 0 Å². The van der Waals surface area contributed by atoms with Crippen molar-refractivity contribution in [3.8, 4) is 0 Å². The zero-order valence-electron chi connectivity index (χ0n) is 14.7. The Balaban J connectivity index is 0.00000312. The molecule has 1 aromatic heterocycles. The molecule has 1 atom stereocenters. The molecule has 2 aromatic rings. The van der Waals surface area contributed by atoms with Crippen LogP contribution in [-0.2, 0) is 0 Å². The molecule has 0 aliphatic carbocycles. The Morgan fingerprint density at radius 3 is 2.46 bits per heavy atom. The number of aromatic nitrogens is 1. The summed E-state index contributed by atoms with van der Waals surface area (Å²) in [7, 11) is 0. The highest BCUT2D eigenvalue weighted by Crippen LogP contribution is 2.12. The van der Waals surface area contributed by atoms with Crippen LogP contribution in [0.2, 0.25) is 0 Å². The summed E-state index contributed by atoms with van der Waals surface area (Å²) in [5.74, 6) is -0.432. The van der Waals surface area contributed by atoms with E-state index in [1.807, 2.05) is 13.8 Å². The Bertz CT molecular complexity index is 699. The van der Waals surface area contributed by atoms with Gasteiger partial charge in [0.25, 0.3) is 11.8 Å². The molecule has 8 heteroatoms. The number of halogens is 2. The molecule has 0 saturated heterocycles. The lowest BCUT2D eigenvalue weighted by Gasteiger charge is -2.13. The first-order chi connectivity index (χ1) is 11.6. The van der Waals surface area contributed by atoms with E-state index >= 15 is 0 Å². The summed E-state index contributed by atoms with van der Waals surface area (Å²) in [6.07, 6.45) is 3.10. The van der Waals surface area contributed by atoms with Gasteiger partial charge in [0.15, 0.2) is 0 Å². The highest BCUT2D eigenvalue weighted by Gasteiger charge is 2.10. The maximum absolute atomic E-state index is 12.2. The summed E-state index contributed by atoms with van der Waals surface area (Å²) >= 11 is 0. The van der Waals surface area contributed by atoms with Crippen LogP contribution >= 0.6 is 24.8 Å². The second-order valence-corrected chi connectivity index (χ2v) is 5.45. The van der Waals surface area contributed by atoms with Crippen molar-refractivity contribution >= 4 is 42.3 Å². The molecular formula is C18H24Cl2N4O2. The first kappa shape index (κ1) is 23.9. The Kier molecular flexibility index (Phi) is 11.2. The molecule has 0 unspecified atom stereocenters. The number of nitrogens with one attached hydrogen (secondary N) is 3. The molecule has 2 rings (SSSR count). The van der Waals surface area contributed by atoms with E-state index in [-0.39, 0.29) is 42.7 Å². The van der Waals surface area contributed by atoms with E-state index in [1.54, 1.807) is 42.6 Å². The van der Waals surface area contributed by atoms with Gasteiger partial charge < -0.3 is 16.0 Å². The normalized spacial score (nSPS) is 10.7. The van der Waals surface area contributed by atoms with E-state index in [0.717, 1.165) is 6.54 Å². The third-order valence-electron chi connectivity index (χ3n) is 3.43. The van der Waals surface area contributed by atoms with E-state index in [9.17, 15) is 9.59 Å². The lowest BCUT2D eigenvalue weighted by atomic mass is 10.1. The first-order valence-electron chi connectivity index (χ1n) is 7.93.